The summed E-state index contributed by atoms with van der Waals surface area (Å²) in [6.45, 7) is 4.30. The standard InChI is InChI=1S/C20H26N2O2/c1-20(2)12-16-9-8-14(13-21-24)10-17(16)18(22-20)11-19(23)15-6-4-3-5-7-15/h8-11,13,15,22,24H,3-7,12H2,1-2H3/b18-11-,21-13+. The molecule has 4 nitrogen and oxygen atoms in total. The number of fused-ring (bicyclic) bond motifs is 1. The fourth-order valence-electron chi connectivity index (χ4n) is 3.86. The summed E-state index contributed by atoms with van der Waals surface area (Å²) in [5, 5.41) is 15.4. The number of rotatable bonds is 3. The van der Waals surface area contributed by atoms with Crippen LogP contribution in [0.4, 0.5) is 0 Å². The normalized spacial score (nSPS) is 22.3. The third-order valence-electron chi connectivity index (χ3n) is 5.03. The van der Waals surface area contributed by atoms with Crippen molar-refractivity contribution in [3.05, 3.63) is 41.0 Å². The minimum Gasteiger partial charge on any atom is -0.411 e. The minimum absolute atomic E-state index is 0.0851. The molecule has 0 atom stereocenters. The van der Waals surface area contributed by atoms with E-state index in [-0.39, 0.29) is 17.2 Å². The lowest BCUT2D eigenvalue weighted by molar-refractivity contribution is -0.119. The number of ketones is 1. The van der Waals surface area contributed by atoms with E-state index in [0.29, 0.717) is 0 Å². The molecule has 128 valence electrons. The van der Waals surface area contributed by atoms with Crippen molar-refractivity contribution in [1.82, 2.24) is 5.32 Å². The molecule has 0 bridgehead atoms. The number of oxime groups is 1. The summed E-state index contributed by atoms with van der Waals surface area (Å²) in [5.41, 5.74) is 3.89. The predicted molar refractivity (Wildman–Crippen MR) is 96.3 cm³/mol. The first-order chi connectivity index (χ1) is 11.5. The number of allylic oxidation sites excluding steroid dienone is 1. The van der Waals surface area contributed by atoms with E-state index in [2.05, 4.69) is 30.4 Å². The third kappa shape index (κ3) is 3.69. The Morgan fingerprint density at radius 2 is 2.04 bits per heavy atom. The van der Waals surface area contributed by atoms with Crippen LogP contribution >= 0.6 is 0 Å². The summed E-state index contributed by atoms with van der Waals surface area (Å²) in [6.07, 6.45) is 9.70. The van der Waals surface area contributed by atoms with Crippen molar-refractivity contribution in [2.75, 3.05) is 0 Å². The zero-order valence-corrected chi connectivity index (χ0v) is 14.5. The van der Waals surface area contributed by atoms with Crippen LogP contribution in [0.3, 0.4) is 0 Å². The van der Waals surface area contributed by atoms with Gasteiger partial charge in [-0.2, -0.15) is 0 Å². The Kier molecular flexibility index (Phi) is 4.74. The summed E-state index contributed by atoms with van der Waals surface area (Å²) in [7, 11) is 0. The molecule has 0 aromatic heterocycles. The van der Waals surface area contributed by atoms with E-state index in [1.54, 1.807) is 6.08 Å². The zero-order valence-electron chi connectivity index (χ0n) is 14.5. The minimum atomic E-state index is -0.0851. The lowest BCUT2D eigenvalue weighted by Crippen LogP contribution is -2.44. The monoisotopic (exact) mass is 326 g/mol. The molecule has 1 aromatic rings. The largest absolute Gasteiger partial charge is 0.411 e. The van der Waals surface area contributed by atoms with Gasteiger partial charge >= 0.3 is 0 Å². The van der Waals surface area contributed by atoms with Crippen molar-refractivity contribution in [2.45, 2.75) is 57.9 Å². The van der Waals surface area contributed by atoms with E-state index in [0.717, 1.165) is 48.9 Å². The van der Waals surface area contributed by atoms with Crippen LogP contribution in [0, 0.1) is 5.92 Å². The van der Waals surface area contributed by atoms with Gasteiger partial charge in [0.05, 0.1) is 6.21 Å². The van der Waals surface area contributed by atoms with E-state index in [9.17, 15) is 4.79 Å². The summed E-state index contributed by atoms with van der Waals surface area (Å²) in [5.74, 6) is 0.408. The summed E-state index contributed by atoms with van der Waals surface area (Å²) < 4.78 is 0. The van der Waals surface area contributed by atoms with Gasteiger partial charge in [0.2, 0.25) is 0 Å². The Hall–Kier alpha value is -2.10. The molecule has 1 fully saturated rings. The fourth-order valence-corrected chi connectivity index (χ4v) is 3.86. The van der Waals surface area contributed by atoms with Crippen molar-refractivity contribution in [3.8, 4) is 0 Å². The molecule has 0 amide bonds. The number of nitrogens with zero attached hydrogens (tertiary/aromatic N) is 1. The maximum atomic E-state index is 12.7. The van der Waals surface area contributed by atoms with E-state index in [4.69, 9.17) is 5.21 Å². The SMILES string of the molecule is CC1(C)Cc2ccc(/C=N/O)cc2/C(=C/C(=O)C2CCCCC2)N1. The highest BCUT2D eigenvalue weighted by Crippen LogP contribution is 2.32. The van der Waals surface area contributed by atoms with Crippen LogP contribution in [-0.2, 0) is 11.2 Å². The number of hydrogen-bond donors (Lipinski definition) is 2. The number of benzene rings is 1. The molecule has 24 heavy (non-hydrogen) atoms. The molecule has 1 aliphatic heterocycles. The molecule has 1 aromatic carbocycles. The van der Waals surface area contributed by atoms with Crippen LogP contribution in [0.25, 0.3) is 5.70 Å². The zero-order chi connectivity index (χ0) is 17.2. The molecule has 1 saturated carbocycles. The molecule has 0 spiro atoms. The lowest BCUT2D eigenvalue weighted by Gasteiger charge is -2.36. The smallest absolute Gasteiger partial charge is 0.160 e. The molecule has 4 heteroatoms. The predicted octanol–water partition coefficient (Wildman–Crippen LogP) is 3.91. The van der Waals surface area contributed by atoms with Gasteiger partial charge in [0.25, 0.3) is 0 Å². The van der Waals surface area contributed by atoms with Crippen LogP contribution in [0.2, 0.25) is 0 Å². The Morgan fingerprint density at radius 3 is 2.75 bits per heavy atom. The molecule has 0 saturated heterocycles. The lowest BCUT2D eigenvalue weighted by atomic mass is 9.82. The van der Waals surface area contributed by atoms with Crippen LogP contribution in [0.5, 0.6) is 0 Å². The maximum absolute atomic E-state index is 12.7. The quantitative estimate of drug-likeness (QED) is 0.383. The highest BCUT2D eigenvalue weighted by molar-refractivity contribution is 5.99. The Balaban J connectivity index is 1.95. The van der Waals surface area contributed by atoms with Crippen molar-refractivity contribution >= 4 is 17.7 Å². The summed E-state index contributed by atoms with van der Waals surface area (Å²) in [6, 6.07) is 5.99. The fraction of sp³-hybridized carbons (Fsp3) is 0.500. The maximum Gasteiger partial charge on any atom is 0.160 e. The molecule has 1 heterocycles. The molecule has 2 N–H and O–H groups in total. The molecule has 3 rings (SSSR count). The summed E-state index contributed by atoms with van der Waals surface area (Å²) in [4.78, 5) is 12.7. The second kappa shape index (κ2) is 6.80. The topological polar surface area (TPSA) is 61.7 Å². The average Bonchev–Trinajstić information content (AvgIpc) is 2.55. The van der Waals surface area contributed by atoms with E-state index >= 15 is 0 Å². The van der Waals surface area contributed by atoms with Gasteiger partial charge in [0.1, 0.15) is 0 Å². The van der Waals surface area contributed by atoms with Crippen LogP contribution in [0.15, 0.2) is 29.4 Å². The van der Waals surface area contributed by atoms with E-state index < -0.39 is 0 Å². The van der Waals surface area contributed by atoms with Gasteiger partial charge in [-0.25, -0.2) is 0 Å². The highest BCUT2D eigenvalue weighted by Gasteiger charge is 2.29. The number of nitrogens with one attached hydrogen (secondary N) is 1. The second-order valence-corrected chi connectivity index (χ2v) is 7.64. The van der Waals surface area contributed by atoms with Gasteiger partial charge in [0, 0.05) is 28.8 Å². The summed E-state index contributed by atoms with van der Waals surface area (Å²) >= 11 is 0. The molecule has 0 unspecified atom stereocenters. The number of hydrogen-bond acceptors (Lipinski definition) is 4. The number of carbonyl (C=O) groups is 1. The van der Waals surface area contributed by atoms with Gasteiger partial charge in [0.15, 0.2) is 5.78 Å². The van der Waals surface area contributed by atoms with Gasteiger partial charge in [-0.15, -0.1) is 0 Å². The molecular formula is C20H26N2O2. The highest BCUT2D eigenvalue weighted by atomic mass is 16.4. The second-order valence-electron chi connectivity index (χ2n) is 7.64. The first-order valence-electron chi connectivity index (χ1n) is 8.83. The van der Waals surface area contributed by atoms with Crippen molar-refractivity contribution in [2.24, 2.45) is 11.1 Å². The van der Waals surface area contributed by atoms with Gasteiger partial charge in [-0.3, -0.25) is 4.79 Å². The Bertz CT molecular complexity index is 683. The van der Waals surface area contributed by atoms with Crippen LogP contribution < -0.4 is 5.32 Å². The van der Waals surface area contributed by atoms with Gasteiger partial charge in [-0.1, -0.05) is 36.6 Å². The van der Waals surface area contributed by atoms with Crippen LogP contribution in [0.1, 0.15) is 62.6 Å². The molecular weight excluding hydrogens is 300 g/mol. The van der Waals surface area contributed by atoms with Gasteiger partial charge < -0.3 is 10.5 Å². The molecule has 0 radical (unpaired) electrons. The first kappa shape index (κ1) is 16.7. The average molecular weight is 326 g/mol. The third-order valence-corrected chi connectivity index (χ3v) is 5.03. The van der Waals surface area contributed by atoms with Crippen molar-refractivity contribution in [3.63, 3.8) is 0 Å². The van der Waals surface area contributed by atoms with E-state index in [1.807, 2.05) is 12.1 Å². The Morgan fingerprint density at radius 1 is 1.29 bits per heavy atom. The van der Waals surface area contributed by atoms with E-state index in [1.165, 1.54) is 18.2 Å². The number of carbonyl (C=O) groups excluding carboxylic acids is 1. The van der Waals surface area contributed by atoms with Crippen molar-refractivity contribution in [1.29, 1.82) is 0 Å². The van der Waals surface area contributed by atoms with Crippen LogP contribution in [-0.4, -0.2) is 22.7 Å². The molecule has 1 aliphatic carbocycles. The Labute approximate surface area is 143 Å². The van der Waals surface area contributed by atoms with Crippen molar-refractivity contribution < 1.29 is 10.0 Å². The van der Waals surface area contributed by atoms with Gasteiger partial charge in [-0.05, 0) is 50.3 Å². The molecule has 2 aliphatic rings. The first-order valence-corrected chi connectivity index (χ1v) is 8.83.